The van der Waals surface area contributed by atoms with Gasteiger partial charge in [-0.05, 0) is 43.9 Å². The van der Waals surface area contributed by atoms with Crippen LogP contribution in [-0.2, 0) is 4.79 Å². The van der Waals surface area contributed by atoms with Crippen LogP contribution in [0.5, 0.6) is 0 Å². The van der Waals surface area contributed by atoms with Gasteiger partial charge in [0.15, 0.2) is 0 Å². The molecule has 1 aliphatic rings. The summed E-state index contributed by atoms with van der Waals surface area (Å²) in [5.74, 6) is -0.702. The molecular weight excluding hydrogens is 244 g/mol. The Morgan fingerprint density at radius 3 is 2.63 bits per heavy atom. The summed E-state index contributed by atoms with van der Waals surface area (Å²) in [7, 11) is 0. The first-order valence-electron chi connectivity index (χ1n) is 7.62. The molecular formula is C15H28O4. The summed E-state index contributed by atoms with van der Waals surface area (Å²) < 4.78 is 0. The zero-order chi connectivity index (χ0) is 14.3. The molecule has 1 saturated carbocycles. The molecule has 1 rings (SSSR count). The van der Waals surface area contributed by atoms with E-state index in [0.717, 1.165) is 44.9 Å². The Labute approximate surface area is 115 Å². The Kier molecular flexibility index (Phi) is 7.39. The van der Waals surface area contributed by atoms with Crippen molar-refractivity contribution in [3.8, 4) is 0 Å². The van der Waals surface area contributed by atoms with E-state index in [-0.39, 0.29) is 24.4 Å². The highest BCUT2D eigenvalue weighted by atomic mass is 16.4. The van der Waals surface area contributed by atoms with Gasteiger partial charge in [0.05, 0.1) is 18.6 Å². The number of unbranched alkanes of at least 4 members (excludes halogenated alkanes) is 2. The molecule has 0 radical (unpaired) electrons. The summed E-state index contributed by atoms with van der Waals surface area (Å²) >= 11 is 0. The largest absolute Gasteiger partial charge is 0.481 e. The Bertz CT molecular complexity index is 267. The van der Waals surface area contributed by atoms with Gasteiger partial charge >= 0.3 is 5.97 Å². The lowest BCUT2D eigenvalue weighted by Gasteiger charge is -2.21. The lowest BCUT2D eigenvalue weighted by Crippen LogP contribution is -2.23. The average Bonchev–Trinajstić information content (AvgIpc) is 2.68. The summed E-state index contributed by atoms with van der Waals surface area (Å²) in [6, 6.07) is 0. The topological polar surface area (TPSA) is 77.8 Å². The van der Waals surface area contributed by atoms with Crippen LogP contribution in [0, 0.1) is 11.8 Å². The van der Waals surface area contributed by atoms with E-state index in [0.29, 0.717) is 6.42 Å². The second kappa shape index (κ2) is 8.54. The molecule has 0 aliphatic heterocycles. The van der Waals surface area contributed by atoms with Gasteiger partial charge in [-0.2, -0.15) is 0 Å². The lowest BCUT2D eigenvalue weighted by molar-refractivity contribution is -0.139. The second-order valence-corrected chi connectivity index (χ2v) is 5.89. The van der Waals surface area contributed by atoms with Gasteiger partial charge in [-0.3, -0.25) is 4.79 Å². The number of rotatable bonds is 9. The summed E-state index contributed by atoms with van der Waals surface area (Å²) in [4.78, 5) is 10.8. The molecule has 4 heteroatoms. The zero-order valence-corrected chi connectivity index (χ0v) is 11.9. The Hall–Kier alpha value is -0.610. The minimum Gasteiger partial charge on any atom is -0.481 e. The number of hydrogen-bond donors (Lipinski definition) is 3. The molecule has 0 saturated heterocycles. The van der Waals surface area contributed by atoms with Crippen LogP contribution in [0.3, 0.4) is 0 Å². The van der Waals surface area contributed by atoms with E-state index in [1.54, 1.807) is 0 Å². The molecule has 0 aromatic carbocycles. The van der Waals surface area contributed by atoms with Crippen LogP contribution in [0.2, 0.25) is 0 Å². The standard InChI is InChI=1S/C15H28O4/c1-2-3-4-5-12(16)8-6-11-7-9-14(17)13(11)10-15(18)19/h11-14,16-17H,2-10H2,1H3,(H,18,19)/t11?,12?,13?,14-/m0/s1. The van der Waals surface area contributed by atoms with Crippen LogP contribution in [0.4, 0.5) is 0 Å². The van der Waals surface area contributed by atoms with E-state index in [2.05, 4.69) is 6.92 Å². The summed E-state index contributed by atoms with van der Waals surface area (Å²) in [5, 5.41) is 28.6. The Balaban J connectivity index is 2.28. The number of aliphatic carboxylic acids is 1. The van der Waals surface area contributed by atoms with Crippen LogP contribution in [0.1, 0.15) is 64.7 Å². The molecule has 0 heterocycles. The predicted octanol–water partition coefficient (Wildman–Crippen LogP) is 2.57. The van der Waals surface area contributed by atoms with Crippen molar-refractivity contribution in [3.63, 3.8) is 0 Å². The molecule has 0 aromatic rings. The van der Waals surface area contributed by atoms with Gasteiger partial charge in [0, 0.05) is 0 Å². The smallest absolute Gasteiger partial charge is 0.303 e. The molecule has 0 spiro atoms. The van der Waals surface area contributed by atoms with E-state index in [4.69, 9.17) is 5.11 Å². The van der Waals surface area contributed by atoms with Crippen molar-refractivity contribution in [2.24, 2.45) is 11.8 Å². The SMILES string of the molecule is CCCCCC(O)CCC1CC[C@H](O)C1CC(=O)O. The third-order valence-corrected chi connectivity index (χ3v) is 4.35. The molecule has 0 amide bonds. The van der Waals surface area contributed by atoms with Crippen molar-refractivity contribution in [1.82, 2.24) is 0 Å². The summed E-state index contributed by atoms with van der Waals surface area (Å²) in [6.45, 7) is 2.14. The average molecular weight is 272 g/mol. The van der Waals surface area contributed by atoms with Gasteiger partial charge in [0.25, 0.3) is 0 Å². The zero-order valence-electron chi connectivity index (χ0n) is 11.9. The Morgan fingerprint density at radius 2 is 2.00 bits per heavy atom. The molecule has 112 valence electrons. The fourth-order valence-corrected chi connectivity index (χ4v) is 3.17. The highest BCUT2D eigenvalue weighted by Crippen LogP contribution is 2.37. The maximum Gasteiger partial charge on any atom is 0.303 e. The van der Waals surface area contributed by atoms with Gasteiger partial charge in [0.2, 0.25) is 0 Å². The normalized spacial score (nSPS) is 28.5. The molecule has 3 N–H and O–H groups in total. The van der Waals surface area contributed by atoms with Crippen LogP contribution < -0.4 is 0 Å². The van der Waals surface area contributed by atoms with E-state index in [1.807, 2.05) is 0 Å². The Morgan fingerprint density at radius 1 is 1.26 bits per heavy atom. The van der Waals surface area contributed by atoms with E-state index in [1.165, 1.54) is 0 Å². The molecule has 0 aromatic heterocycles. The molecule has 19 heavy (non-hydrogen) atoms. The highest BCUT2D eigenvalue weighted by Gasteiger charge is 2.36. The third-order valence-electron chi connectivity index (χ3n) is 4.35. The minimum absolute atomic E-state index is 0.0533. The number of aliphatic hydroxyl groups excluding tert-OH is 2. The lowest BCUT2D eigenvalue weighted by atomic mass is 9.87. The molecule has 0 bridgehead atoms. The summed E-state index contributed by atoms with van der Waals surface area (Å²) in [5.41, 5.74) is 0. The first-order valence-corrected chi connectivity index (χ1v) is 7.62. The van der Waals surface area contributed by atoms with Gasteiger partial charge < -0.3 is 15.3 Å². The van der Waals surface area contributed by atoms with Gasteiger partial charge in [-0.15, -0.1) is 0 Å². The first-order chi connectivity index (χ1) is 9.04. The maximum absolute atomic E-state index is 10.8. The van der Waals surface area contributed by atoms with E-state index in [9.17, 15) is 15.0 Å². The van der Waals surface area contributed by atoms with Gasteiger partial charge in [-0.25, -0.2) is 0 Å². The predicted molar refractivity (Wildman–Crippen MR) is 73.9 cm³/mol. The molecule has 1 aliphatic carbocycles. The monoisotopic (exact) mass is 272 g/mol. The second-order valence-electron chi connectivity index (χ2n) is 5.89. The van der Waals surface area contributed by atoms with Crippen molar-refractivity contribution < 1.29 is 20.1 Å². The minimum atomic E-state index is -0.834. The third kappa shape index (κ3) is 5.91. The van der Waals surface area contributed by atoms with Crippen LogP contribution in [-0.4, -0.2) is 33.5 Å². The number of aliphatic hydroxyl groups is 2. The van der Waals surface area contributed by atoms with E-state index >= 15 is 0 Å². The van der Waals surface area contributed by atoms with Crippen molar-refractivity contribution in [3.05, 3.63) is 0 Å². The fourth-order valence-electron chi connectivity index (χ4n) is 3.17. The van der Waals surface area contributed by atoms with Gasteiger partial charge in [0.1, 0.15) is 0 Å². The number of carboxylic acid groups (broad SMARTS) is 1. The van der Waals surface area contributed by atoms with Crippen molar-refractivity contribution in [2.45, 2.75) is 76.9 Å². The fraction of sp³-hybridized carbons (Fsp3) is 0.933. The van der Waals surface area contributed by atoms with E-state index < -0.39 is 12.1 Å². The van der Waals surface area contributed by atoms with Gasteiger partial charge in [-0.1, -0.05) is 26.2 Å². The quantitative estimate of drug-likeness (QED) is 0.564. The number of carbonyl (C=O) groups is 1. The molecule has 4 nitrogen and oxygen atoms in total. The maximum atomic E-state index is 10.8. The van der Waals surface area contributed by atoms with Crippen LogP contribution >= 0.6 is 0 Å². The molecule has 3 unspecified atom stereocenters. The number of carboxylic acids is 1. The molecule has 1 fully saturated rings. The summed E-state index contributed by atoms with van der Waals surface area (Å²) in [6.07, 6.45) is 6.68. The first kappa shape index (κ1) is 16.4. The van der Waals surface area contributed by atoms with Crippen LogP contribution in [0.25, 0.3) is 0 Å². The van der Waals surface area contributed by atoms with Crippen molar-refractivity contribution in [2.75, 3.05) is 0 Å². The van der Waals surface area contributed by atoms with Crippen LogP contribution in [0.15, 0.2) is 0 Å². The number of hydrogen-bond acceptors (Lipinski definition) is 3. The molecule has 4 atom stereocenters. The van der Waals surface area contributed by atoms with Crippen molar-refractivity contribution >= 4 is 5.97 Å². The highest BCUT2D eigenvalue weighted by molar-refractivity contribution is 5.67. The van der Waals surface area contributed by atoms with Crippen molar-refractivity contribution in [1.29, 1.82) is 0 Å².